The zero-order valence-electron chi connectivity index (χ0n) is 10.4. The minimum atomic E-state index is -0.721. The molecule has 1 saturated heterocycles. The number of rotatable bonds is 4. The molecule has 0 aliphatic carbocycles. The SMILES string of the molecule is CCO[C@@H]1COC[C@H]1NC(=O)c1cc(=O)[nH]c(=O)[nH]1. The van der Waals surface area contributed by atoms with Gasteiger partial charge in [-0.25, -0.2) is 4.79 Å². The molecule has 1 aliphatic rings. The summed E-state index contributed by atoms with van der Waals surface area (Å²) in [4.78, 5) is 38.4. The van der Waals surface area contributed by atoms with Crippen LogP contribution in [0.25, 0.3) is 0 Å². The molecule has 2 atom stereocenters. The number of carbonyl (C=O) groups excluding carboxylic acids is 1. The molecule has 104 valence electrons. The van der Waals surface area contributed by atoms with Crippen LogP contribution in [0.1, 0.15) is 17.4 Å². The third-order valence-electron chi connectivity index (χ3n) is 2.73. The highest BCUT2D eigenvalue weighted by molar-refractivity contribution is 5.92. The van der Waals surface area contributed by atoms with E-state index in [-0.39, 0.29) is 17.8 Å². The van der Waals surface area contributed by atoms with Crippen molar-refractivity contribution in [2.24, 2.45) is 0 Å². The summed E-state index contributed by atoms with van der Waals surface area (Å²) in [5.41, 5.74) is -1.43. The van der Waals surface area contributed by atoms with Crippen LogP contribution < -0.4 is 16.6 Å². The zero-order chi connectivity index (χ0) is 13.8. The molecule has 1 aliphatic heterocycles. The maximum atomic E-state index is 11.9. The first-order valence-corrected chi connectivity index (χ1v) is 5.94. The first-order valence-electron chi connectivity index (χ1n) is 5.94. The Balaban J connectivity index is 2.08. The summed E-state index contributed by atoms with van der Waals surface area (Å²) >= 11 is 0. The van der Waals surface area contributed by atoms with E-state index < -0.39 is 17.2 Å². The molecular weight excluding hydrogens is 254 g/mol. The van der Waals surface area contributed by atoms with E-state index in [2.05, 4.69) is 10.3 Å². The molecule has 19 heavy (non-hydrogen) atoms. The van der Waals surface area contributed by atoms with Gasteiger partial charge in [-0.3, -0.25) is 14.6 Å². The first kappa shape index (κ1) is 13.5. The van der Waals surface area contributed by atoms with E-state index in [1.807, 2.05) is 11.9 Å². The van der Waals surface area contributed by atoms with Crippen molar-refractivity contribution in [3.05, 3.63) is 32.6 Å². The first-order chi connectivity index (χ1) is 9.10. The molecular formula is C11H15N3O5. The molecule has 0 unspecified atom stereocenters. The van der Waals surface area contributed by atoms with Gasteiger partial charge in [0.05, 0.1) is 19.3 Å². The second-order valence-electron chi connectivity index (χ2n) is 4.11. The lowest BCUT2D eigenvalue weighted by atomic mass is 10.2. The average molecular weight is 269 g/mol. The molecule has 2 rings (SSSR count). The number of H-pyrrole nitrogens is 2. The summed E-state index contributed by atoms with van der Waals surface area (Å²) < 4.78 is 10.6. The summed E-state index contributed by atoms with van der Waals surface area (Å²) in [6.45, 7) is 3.11. The smallest absolute Gasteiger partial charge is 0.326 e. The van der Waals surface area contributed by atoms with Gasteiger partial charge < -0.3 is 19.8 Å². The second kappa shape index (κ2) is 5.81. The Morgan fingerprint density at radius 2 is 2.26 bits per heavy atom. The molecule has 0 radical (unpaired) electrons. The van der Waals surface area contributed by atoms with Crippen LogP contribution in [0, 0.1) is 0 Å². The van der Waals surface area contributed by atoms with Crippen molar-refractivity contribution >= 4 is 5.91 Å². The summed E-state index contributed by atoms with van der Waals surface area (Å²) in [6, 6.07) is 0.734. The highest BCUT2D eigenvalue weighted by atomic mass is 16.5. The van der Waals surface area contributed by atoms with Gasteiger partial charge in [-0.2, -0.15) is 0 Å². The van der Waals surface area contributed by atoms with Crippen LogP contribution in [0.3, 0.4) is 0 Å². The Labute approximate surface area is 108 Å². The molecule has 8 nitrogen and oxygen atoms in total. The van der Waals surface area contributed by atoms with Crippen molar-refractivity contribution in [3.8, 4) is 0 Å². The largest absolute Gasteiger partial charge is 0.376 e. The summed E-state index contributed by atoms with van der Waals surface area (Å²) in [5.74, 6) is -0.539. The lowest BCUT2D eigenvalue weighted by Crippen LogP contribution is -2.44. The Morgan fingerprint density at radius 1 is 1.47 bits per heavy atom. The maximum absolute atomic E-state index is 11.9. The Hall–Kier alpha value is -1.93. The number of aromatic nitrogens is 2. The van der Waals surface area contributed by atoms with E-state index in [1.165, 1.54) is 0 Å². The zero-order valence-corrected chi connectivity index (χ0v) is 10.4. The topological polar surface area (TPSA) is 113 Å². The van der Waals surface area contributed by atoms with Gasteiger partial charge in [0.2, 0.25) is 0 Å². The van der Waals surface area contributed by atoms with Gasteiger partial charge >= 0.3 is 5.69 Å². The van der Waals surface area contributed by atoms with Crippen molar-refractivity contribution in [1.82, 2.24) is 15.3 Å². The molecule has 0 spiro atoms. The molecule has 0 bridgehead atoms. The molecule has 1 aromatic heterocycles. The second-order valence-corrected chi connectivity index (χ2v) is 4.11. The maximum Gasteiger partial charge on any atom is 0.326 e. The van der Waals surface area contributed by atoms with Gasteiger partial charge in [-0.05, 0) is 6.92 Å². The fourth-order valence-corrected chi connectivity index (χ4v) is 1.88. The molecule has 1 fully saturated rings. The minimum absolute atomic E-state index is 0.0871. The highest BCUT2D eigenvalue weighted by Crippen LogP contribution is 2.10. The molecule has 3 N–H and O–H groups in total. The van der Waals surface area contributed by atoms with Gasteiger partial charge in [0.1, 0.15) is 11.8 Å². The van der Waals surface area contributed by atoms with Crippen LogP contribution in [0.15, 0.2) is 15.7 Å². The predicted molar refractivity (Wildman–Crippen MR) is 65.2 cm³/mol. The van der Waals surface area contributed by atoms with E-state index in [1.54, 1.807) is 0 Å². The van der Waals surface area contributed by atoms with Gasteiger partial charge in [-0.15, -0.1) is 0 Å². The number of ether oxygens (including phenoxy) is 2. The normalized spacial score (nSPS) is 22.4. The molecule has 0 saturated carbocycles. The third-order valence-corrected chi connectivity index (χ3v) is 2.73. The van der Waals surface area contributed by atoms with E-state index in [0.717, 1.165) is 6.07 Å². The average Bonchev–Trinajstić information content (AvgIpc) is 2.76. The fraction of sp³-hybridized carbons (Fsp3) is 0.545. The van der Waals surface area contributed by atoms with E-state index in [0.29, 0.717) is 19.8 Å². The predicted octanol–water partition coefficient (Wildman–Crippen LogP) is -1.40. The molecule has 1 amide bonds. The van der Waals surface area contributed by atoms with Crippen LogP contribution in [-0.4, -0.2) is 47.8 Å². The van der Waals surface area contributed by atoms with E-state index >= 15 is 0 Å². The summed E-state index contributed by atoms with van der Waals surface area (Å²) in [7, 11) is 0. The van der Waals surface area contributed by atoms with E-state index in [9.17, 15) is 14.4 Å². The number of hydrogen-bond donors (Lipinski definition) is 3. The Kier molecular flexibility index (Phi) is 4.13. The van der Waals surface area contributed by atoms with Crippen molar-refractivity contribution in [2.75, 3.05) is 19.8 Å². The van der Waals surface area contributed by atoms with E-state index in [4.69, 9.17) is 9.47 Å². The van der Waals surface area contributed by atoms with Crippen LogP contribution in [0.5, 0.6) is 0 Å². The fourth-order valence-electron chi connectivity index (χ4n) is 1.88. The molecule has 2 heterocycles. The summed E-state index contributed by atoms with van der Waals surface area (Å²) in [5, 5.41) is 2.67. The Morgan fingerprint density at radius 3 is 2.95 bits per heavy atom. The number of nitrogens with one attached hydrogen (secondary N) is 3. The van der Waals surface area contributed by atoms with Crippen molar-refractivity contribution in [1.29, 1.82) is 0 Å². The van der Waals surface area contributed by atoms with Crippen LogP contribution in [-0.2, 0) is 9.47 Å². The molecule has 0 aromatic carbocycles. The van der Waals surface area contributed by atoms with Crippen LogP contribution in [0.4, 0.5) is 0 Å². The highest BCUT2D eigenvalue weighted by Gasteiger charge is 2.30. The number of hydrogen-bond acceptors (Lipinski definition) is 5. The van der Waals surface area contributed by atoms with Gasteiger partial charge in [0, 0.05) is 12.7 Å². The summed E-state index contributed by atoms with van der Waals surface area (Å²) in [6.07, 6.45) is -0.220. The van der Waals surface area contributed by atoms with Gasteiger partial charge in [0.25, 0.3) is 11.5 Å². The Bertz CT molecular complexity index is 536. The molecule has 1 aromatic rings. The monoisotopic (exact) mass is 269 g/mol. The minimum Gasteiger partial charge on any atom is -0.376 e. The van der Waals surface area contributed by atoms with Crippen molar-refractivity contribution in [3.63, 3.8) is 0 Å². The lowest BCUT2D eigenvalue weighted by Gasteiger charge is -2.18. The van der Waals surface area contributed by atoms with Crippen molar-refractivity contribution in [2.45, 2.75) is 19.1 Å². The standard InChI is InChI=1S/C11H15N3O5/c1-2-19-8-5-18-4-7(8)12-10(16)6-3-9(15)14-11(17)13-6/h3,7-8H,2,4-5H2,1H3,(H,12,16)(H2,13,14,15,17)/t7-,8-/m1/s1. The van der Waals surface area contributed by atoms with Crippen LogP contribution >= 0.6 is 0 Å². The van der Waals surface area contributed by atoms with Gasteiger partial charge in [-0.1, -0.05) is 0 Å². The lowest BCUT2D eigenvalue weighted by molar-refractivity contribution is 0.0402. The molecule has 8 heteroatoms. The third kappa shape index (κ3) is 3.30. The van der Waals surface area contributed by atoms with Crippen LogP contribution in [0.2, 0.25) is 0 Å². The van der Waals surface area contributed by atoms with Crippen molar-refractivity contribution < 1.29 is 14.3 Å². The number of amides is 1. The number of carbonyl (C=O) groups is 1. The quantitative estimate of drug-likeness (QED) is 0.622. The number of aromatic amines is 2. The van der Waals surface area contributed by atoms with Gasteiger partial charge in [0.15, 0.2) is 0 Å².